The molecule has 4 nitrogen and oxygen atoms in total. The molecule has 1 saturated heterocycles. The first-order chi connectivity index (χ1) is 8.36. The topological polar surface area (TPSA) is 42.7 Å². The summed E-state index contributed by atoms with van der Waals surface area (Å²) < 4.78 is 2.09. The van der Waals surface area contributed by atoms with Gasteiger partial charge in [0.25, 0.3) is 0 Å². The summed E-state index contributed by atoms with van der Waals surface area (Å²) in [5, 5.41) is 11.6. The van der Waals surface area contributed by atoms with Crippen molar-refractivity contribution in [2.45, 2.75) is 12.8 Å². The normalized spacial score (nSPS) is 17.7. The first-order valence-corrected chi connectivity index (χ1v) is 6.02. The molecule has 0 amide bonds. The molecule has 1 aliphatic heterocycles. The molecule has 0 saturated carbocycles. The van der Waals surface area contributed by atoms with Gasteiger partial charge in [0.05, 0.1) is 0 Å². The van der Waals surface area contributed by atoms with E-state index < -0.39 is 0 Å². The number of para-hydroxylation sites is 1. The van der Waals surface area contributed by atoms with E-state index in [1.54, 1.807) is 6.33 Å². The molecule has 1 N–H and O–H groups in total. The molecule has 2 heterocycles. The van der Waals surface area contributed by atoms with Crippen molar-refractivity contribution in [3.8, 4) is 5.69 Å². The maximum Gasteiger partial charge on any atom is 0.140 e. The minimum atomic E-state index is 0.443. The largest absolute Gasteiger partial charge is 0.316 e. The molecule has 1 fully saturated rings. The number of hydrogen-bond acceptors (Lipinski definition) is 3. The molecule has 88 valence electrons. The highest BCUT2D eigenvalue weighted by Gasteiger charge is 2.28. The molecule has 0 aliphatic carbocycles. The quantitative estimate of drug-likeness (QED) is 0.867. The van der Waals surface area contributed by atoms with Crippen molar-refractivity contribution in [2.24, 2.45) is 5.92 Å². The molecule has 1 aliphatic rings. The van der Waals surface area contributed by atoms with Crippen LogP contribution in [-0.4, -0.2) is 27.9 Å². The second kappa shape index (κ2) is 4.30. The fourth-order valence-electron chi connectivity index (χ4n) is 2.22. The van der Waals surface area contributed by atoms with Gasteiger partial charge in [-0.1, -0.05) is 25.1 Å². The molecule has 2 aromatic rings. The van der Waals surface area contributed by atoms with Crippen LogP contribution in [0.3, 0.4) is 0 Å². The van der Waals surface area contributed by atoms with Crippen LogP contribution in [-0.2, 0) is 0 Å². The minimum absolute atomic E-state index is 0.443. The maximum atomic E-state index is 4.28. The summed E-state index contributed by atoms with van der Waals surface area (Å²) in [6.07, 6.45) is 1.80. The summed E-state index contributed by atoms with van der Waals surface area (Å²) in [5.74, 6) is 2.18. The van der Waals surface area contributed by atoms with Gasteiger partial charge < -0.3 is 5.32 Å². The lowest BCUT2D eigenvalue weighted by atomic mass is 9.88. The van der Waals surface area contributed by atoms with E-state index >= 15 is 0 Å². The zero-order valence-electron chi connectivity index (χ0n) is 9.87. The van der Waals surface area contributed by atoms with Crippen LogP contribution >= 0.6 is 0 Å². The molecule has 0 radical (unpaired) electrons. The van der Waals surface area contributed by atoms with Crippen molar-refractivity contribution in [3.05, 3.63) is 42.5 Å². The number of nitrogens with zero attached hydrogens (tertiary/aromatic N) is 3. The van der Waals surface area contributed by atoms with Crippen LogP contribution in [0.1, 0.15) is 18.7 Å². The maximum absolute atomic E-state index is 4.28. The van der Waals surface area contributed by atoms with Crippen molar-refractivity contribution < 1.29 is 0 Å². The van der Waals surface area contributed by atoms with Crippen LogP contribution in [0.4, 0.5) is 0 Å². The number of hydrogen-bond donors (Lipinski definition) is 1. The Hall–Kier alpha value is -1.68. The molecule has 0 bridgehead atoms. The molecule has 1 atom stereocenters. The van der Waals surface area contributed by atoms with Gasteiger partial charge in [-0.25, -0.2) is 0 Å². The molecular weight excluding hydrogens is 212 g/mol. The van der Waals surface area contributed by atoms with Crippen LogP contribution in [0.15, 0.2) is 36.7 Å². The molecule has 3 rings (SSSR count). The average molecular weight is 228 g/mol. The van der Waals surface area contributed by atoms with E-state index in [0.29, 0.717) is 11.8 Å². The van der Waals surface area contributed by atoms with Crippen LogP contribution in [0.5, 0.6) is 0 Å². The number of rotatable bonds is 3. The lowest BCUT2D eigenvalue weighted by Crippen LogP contribution is -2.45. The molecule has 1 unspecified atom stereocenters. The Balaban J connectivity index is 1.93. The summed E-state index contributed by atoms with van der Waals surface area (Å²) in [6.45, 7) is 4.40. The summed E-state index contributed by atoms with van der Waals surface area (Å²) >= 11 is 0. The van der Waals surface area contributed by atoms with Gasteiger partial charge in [-0.15, -0.1) is 10.2 Å². The van der Waals surface area contributed by atoms with E-state index in [9.17, 15) is 0 Å². The van der Waals surface area contributed by atoms with Gasteiger partial charge in [0.15, 0.2) is 0 Å². The summed E-state index contributed by atoms with van der Waals surface area (Å²) in [4.78, 5) is 0. The van der Waals surface area contributed by atoms with E-state index in [1.165, 1.54) is 0 Å². The molecular formula is C13H16N4. The predicted molar refractivity (Wildman–Crippen MR) is 66.1 cm³/mol. The Morgan fingerprint density at radius 1 is 1.29 bits per heavy atom. The average Bonchev–Trinajstić information content (AvgIpc) is 2.76. The monoisotopic (exact) mass is 228 g/mol. The fraction of sp³-hybridized carbons (Fsp3) is 0.385. The Morgan fingerprint density at radius 2 is 2.06 bits per heavy atom. The predicted octanol–water partition coefficient (Wildman–Crippen LogP) is 1.59. The zero-order valence-corrected chi connectivity index (χ0v) is 9.87. The molecule has 1 aromatic carbocycles. The highest BCUT2D eigenvalue weighted by molar-refractivity contribution is 5.32. The number of aromatic nitrogens is 3. The zero-order chi connectivity index (χ0) is 11.7. The van der Waals surface area contributed by atoms with Crippen molar-refractivity contribution in [1.82, 2.24) is 20.1 Å². The highest BCUT2D eigenvalue weighted by atomic mass is 15.3. The first-order valence-electron chi connectivity index (χ1n) is 6.02. The van der Waals surface area contributed by atoms with Crippen LogP contribution in [0.25, 0.3) is 5.69 Å². The lowest BCUT2D eigenvalue weighted by Gasteiger charge is -2.32. The Morgan fingerprint density at radius 3 is 2.71 bits per heavy atom. The van der Waals surface area contributed by atoms with Gasteiger partial charge >= 0.3 is 0 Å². The van der Waals surface area contributed by atoms with Gasteiger partial charge in [0.2, 0.25) is 0 Å². The summed E-state index contributed by atoms with van der Waals surface area (Å²) in [7, 11) is 0. The van der Waals surface area contributed by atoms with Gasteiger partial charge in [-0.2, -0.15) is 0 Å². The molecule has 4 heteroatoms. The first kappa shape index (κ1) is 10.5. The summed E-state index contributed by atoms with van der Waals surface area (Å²) in [5.41, 5.74) is 1.13. The summed E-state index contributed by atoms with van der Waals surface area (Å²) in [6, 6.07) is 10.3. The Kier molecular flexibility index (Phi) is 2.65. The standard InChI is InChI=1S/C13H16N4/c1-10(11-7-14-8-11)13-16-15-9-17(13)12-5-3-2-4-6-12/h2-6,9-11,14H,7-8H2,1H3. The van der Waals surface area contributed by atoms with Crippen LogP contribution < -0.4 is 5.32 Å². The van der Waals surface area contributed by atoms with Crippen molar-refractivity contribution in [1.29, 1.82) is 0 Å². The number of nitrogens with one attached hydrogen (secondary N) is 1. The van der Waals surface area contributed by atoms with Crippen LogP contribution in [0, 0.1) is 5.92 Å². The van der Waals surface area contributed by atoms with E-state index in [1.807, 2.05) is 18.2 Å². The molecule has 0 spiro atoms. The van der Waals surface area contributed by atoms with Crippen LogP contribution in [0.2, 0.25) is 0 Å². The Labute approximate surface area is 101 Å². The van der Waals surface area contributed by atoms with E-state index in [2.05, 4.69) is 39.1 Å². The van der Waals surface area contributed by atoms with E-state index in [4.69, 9.17) is 0 Å². The molecule has 1 aromatic heterocycles. The lowest BCUT2D eigenvalue weighted by molar-refractivity contribution is 0.294. The van der Waals surface area contributed by atoms with Gasteiger partial charge in [-0.05, 0) is 31.1 Å². The van der Waals surface area contributed by atoms with Gasteiger partial charge in [0.1, 0.15) is 12.2 Å². The van der Waals surface area contributed by atoms with Gasteiger partial charge in [0, 0.05) is 11.6 Å². The van der Waals surface area contributed by atoms with E-state index in [0.717, 1.165) is 24.6 Å². The highest BCUT2D eigenvalue weighted by Crippen LogP contribution is 2.26. The van der Waals surface area contributed by atoms with Crippen molar-refractivity contribution in [3.63, 3.8) is 0 Å². The Bertz CT molecular complexity index is 487. The third-order valence-electron chi connectivity index (χ3n) is 3.54. The second-order valence-corrected chi connectivity index (χ2v) is 4.60. The van der Waals surface area contributed by atoms with E-state index in [-0.39, 0.29) is 0 Å². The fourth-order valence-corrected chi connectivity index (χ4v) is 2.22. The number of benzene rings is 1. The minimum Gasteiger partial charge on any atom is -0.316 e. The SMILES string of the molecule is CC(c1nncn1-c1ccccc1)C1CNC1. The van der Waals surface area contributed by atoms with Crippen molar-refractivity contribution >= 4 is 0 Å². The third-order valence-corrected chi connectivity index (χ3v) is 3.54. The molecule has 17 heavy (non-hydrogen) atoms. The smallest absolute Gasteiger partial charge is 0.140 e. The van der Waals surface area contributed by atoms with Crippen molar-refractivity contribution in [2.75, 3.05) is 13.1 Å². The second-order valence-electron chi connectivity index (χ2n) is 4.60. The van der Waals surface area contributed by atoms with Gasteiger partial charge in [-0.3, -0.25) is 4.57 Å². The third kappa shape index (κ3) is 1.85.